The predicted octanol–water partition coefficient (Wildman–Crippen LogP) is 2.84. The number of fused-ring (bicyclic) bond motifs is 1. The van der Waals surface area contributed by atoms with Crippen LogP contribution in [0.25, 0.3) is 10.9 Å². The fourth-order valence-corrected chi connectivity index (χ4v) is 3.72. The van der Waals surface area contributed by atoms with Crippen LogP contribution in [0.5, 0.6) is 0 Å². The van der Waals surface area contributed by atoms with Crippen molar-refractivity contribution in [3.63, 3.8) is 0 Å². The first-order valence-electron chi connectivity index (χ1n) is 8.66. The summed E-state index contributed by atoms with van der Waals surface area (Å²) >= 11 is 0. The average Bonchev–Trinajstić information content (AvgIpc) is 2.93. The number of nitrogens with zero attached hydrogens (tertiary/aromatic N) is 4. The molecule has 0 bridgehead atoms. The van der Waals surface area contributed by atoms with Crippen molar-refractivity contribution in [2.45, 2.75) is 6.92 Å². The number of hydrogen-bond acceptors (Lipinski definition) is 3. The second-order valence-corrected chi connectivity index (χ2v) is 6.52. The Kier molecular flexibility index (Phi) is 3.92. The molecular weight excluding hydrogens is 312 g/mol. The van der Waals surface area contributed by atoms with Crippen LogP contribution in [0, 0.1) is 6.92 Å². The van der Waals surface area contributed by atoms with Gasteiger partial charge in [-0.05, 0) is 30.7 Å². The van der Waals surface area contributed by atoms with Crippen LogP contribution in [0.15, 0.2) is 48.7 Å². The van der Waals surface area contributed by atoms with Crippen LogP contribution >= 0.6 is 0 Å². The normalized spacial score (nSPS) is 15.0. The lowest BCUT2D eigenvalue weighted by Crippen LogP contribution is -2.49. The van der Waals surface area contributed by atoms with Gasteiger partial charge in [0.1, 0.15) is 11.5 Å². The molecule has 1 aliphatic rings. The number of benzene rings is 1. The maximum Gasteiger partial charge on any atom is 0.270 e. The van der Waals surface area contributed by atoms with Crippen LogP contribution in [0.4, 0.5) is 5.82 Å². The Morgan fingerprint density at radius 1 is 1.00 bits per heavy atom. The molecule has 0 saturated carbocycles. The predicted molar refractivity (Wildman–Crippen MR) is 100 cm³/mol. The number of amides is 1. The van der Waals surface area contributed by atoms with Crippen molar-refractivity contribution in [1.29, 1.82) is 0 Å². The minimum Gasteiger partial charge on any atom is -0.353 e. The maximum atomic E-state index is 13.1. The molecular formula is C20H22N4O. The second kappa shape index (κ2) is 6.24. The molecule has 1 amide bonds. The Balaban J connectivity index is 1.55. The summed E-state index contributed by atoms with van der Waals surface area (Å²) < 4.78 is 2.03. The third-order valence-electron chi connectivity index (χ3n) is 5.10. The molecule has 5 heteroatoms. The Morgan fingerprint density at radius 2 is 1.72 bits per heavy atom. The molecule has 25 heavy (non-hydrogen) atoms. The summed E-state index contributed by atoms with van der Waals surface area (Å²) in [6.45, 7) is 5.10. The number of aromatic nitrogens is 2. The third kappa shape index (κ3) is 2.65. The number of rotatable bonds is 2. The van der Waals surface area contributed by atoms with Gasteiger partial charge in [-0.15, -0.1) is 0 Å². The van der Waals surface area contributed by atoms with Gasteiger partial charge < -0.3 is 14.4 Å². The summed E-state index contributed by atoms with van der Waals surface area (Å²) in [5, 5.41) is 1.15. The van der Waals surface area contributed by atoms with Gasteiger partial charge in [-0.3, -0.25) is 4.79 Å². The van der Waals surface area contributed by atoms with Crippen molar-refractivity contribution in [3.8, 4) is 0 Å². The van der Waals surface area contributed by atoms with Crippen LogP contribution in [0.1, 0.15) is 16.1 Å². The van der Waals surface area contributed by atoms with Gasteiger partial charge in [-0.1, -0.05) is 24.3 Å². The quantitative estimate of drug-likeness (QED) is 0.724. The monoisotopic (exact) mass is 334 g/mol. The highest BCUT2D eigenvalue weighted by molar-refractivity contribution is 6.01. The Bertz CT molecular complexity index is 869. The van der Waals surface area contributed by atoms with Gasteiger partial charge in [-0.2, -0.15) is 0 Å². The zero-order chi connectivity index (χ0) is 17.4. The van der Waals surface area contributed by atoms with Crippen LogP contribution in [-0.2, 0) is 7.05 Å². The molecule has 4 rings (SSSR count). The zero-order valence-corrected chi connectivity index (χ0v) is 14.6. The zero-order valence-electron chi connectivity index (χ0n) is 14.6. The molecule has 0 atom stereocenters. The van der Waals surface area contributed by atoms with E-state index in [9.17, 15) is 4.79 Å². The van der Waals surface area contributed by atoms with E-state index in [1.807, 2.05) is 60.0 Å². The van der Waals surface area contributed by atoms with Crippen LogP contribution in [0.2, 0.25) is 0 Å². The van der Waals surface area contributed by atoms with Crippen molar-refractivity contribution in [2.24, 2.45) is 7.05 Å². The van der Waals surface area contributed by atoms with E-state index in [4.69, 9.17) is 0 Å². The van der Waals surface area contributed by atoms with Crippen molar-refractivity contribution < 1.29 is 4.79 Å². The van der Waals surface area contributed by atoms with E-state index >= 15 is 0 Å². The summed E-state index contributed by atoms with van der Waals surface area (Å²) in [6, 6.07) is 14.1. The summed E-state index contributed by atoms with van der Waals surface area (Å²) in [5.74, 6) is 1.10. The average molecular weight is 334 g/mol. The number of pyridine rings is 1. The summed E-state index contributed by atoms with van der Waals surface area (Å²) in [7, 11) is 1.98. The highest BCUT2D eigenvalue weighted by Gasteiger charge is 2.26. The fourth-order valence-electron chi connectivity index (χ4n) is 3.72. The van der Waals surface area contributed by atoms with Crippen molar-refractivity contribution in [3.05, 3.63) is 59.9 Å². The Hall–Kier alpha value is -2.82. The largest absolute Gasteiger partial charge is 0.353 e. The molecule has 1 aromatic carbocycles. The number of piperazine rings is 1. The number of carbonyl (C=O) groups excluding carboxylic acids is 1. The first-order chi connectivity index (χ1) is 12.2. The molecule has 0 spiro atoms. The van der Waals surface area contributed by atoms with Crippen LogP contribution < -0.4 is 4.90 Å². The number of anilines is 1. The molecule has 1 saturated heterocycles. The first kappa shape index (κ1) is 15.7. The second-order valence-electron chi connectivity index (χ2n) is 6.52. The van der Waals surface area contributed by atoms with Crippen molar-refractivity contribution in [1.82, 2.24) is 14.5 Å². The smallest absolute Gasteiger partial charge is 0.270 e. The van der Waals surface area contributed by atoms with Crippen LogP contribution in [0.3, 0.4) is 0 Å². The SMILES string of the molecule is Cc1c(C(=O)N2CCN(c3ccccn3)CC2)n(C)c2ccccc12. The standard InChI is InChI=1S/C20H22N4O/c1-15-16-7-3-4-8-17(16)22(2)19(15)20(25)24-13-11-23(12-14-24)18-9-5-6-10-21-18/h3-10H,11-14H2,1-2H3. The molecule has 0 unspecified atom stereocenters. The van der Waals surface area contributed by atoms with Crippen molar-refractivity contribution >= 4 is 22.6 Å². The van der Waals surface area contributed by atoms with Gasteiger partial charge in [0.2, 0.25) is 0 Å². The fraction of sp³-hybridized carbons (Fsp3) is 0.300. The van der Waals surface area contributed by atoms with Crippen molar-refractivity contribution in [2.75, 3.05) is 31.1 Å². The van der Waals surface area contributed by atoms with Gasteiger partial charge in [0.15, 0.2) is 0 Å². The minimum atomic E-state index is 0.122. The molecule has 3 aromatic rings. The van der Waals surface area contributed by atoms with E-state index in [1.54, 1.807) is 0 Å². The third-order valence-corrected chi connectivity index (χ3v) is 5.10. The molecule has 0 radical (unpaired) electrons. The maximum absolute atomic E-state index is 13.1. The number of carbonyl (C=O) groups is 1. The van der Waals surface area contributed by atoms with E-state index in [0.717, 1.165) is 54.2 Å². The van der Waals surface area contributed by atoms with Gasteiger partial charge in [0.05, 0.1) is 0 Å². The molecule has 1 fully saturated rings. The highest BCUT2D eigenvalue weighted by atomic mass is 16.2. The minimum absolute atomic E-state index is 0.122. The molecule has 3 heterocycles. The van der Waals surface area contributed by atoms with E-state index in [1.165, 1.54) is 0 Å². The highest BCUT2D eigenvalue weighted by Crippen LogP contribution is 2.26. The lowest BCUT2D eigenvalue weighted by Gasteiger charge is -2.35. The van der Waals surface area contributed by atoms with Gasteiger partial charge in [0, 0.05) is 50.3 Å². The van der Waals surface area contributed by atoms with E-state index < -0.39 is 0 Å². The molecule has 128 valence electrons. The van der Waals surface area contributed by atoms with E-state index in [2.05, 4.69) is 22.0 Å². The summed E-state index contributed by atoms with van der Waals surface area (Å²) in [4.78, 5) is 21.7. The number of aryl methyl sites for hydroxylation is 2. The van der Waals surface area contributed by atoms with Gasteiger partial charge >= 0.3 is 0 Å². The lowest BCUT2D eigenvalue weighted by atomic mass is 10.1. The Labute approximate surface area is 147 Å². The topological polar surface area (TPSA) is 41.4 Å². The van der Waals surface area contributed by atoms with Gasteiger partial charge in [-0.25, -0.2) is 4.98 Å². The molecule has 0 N–H and O–H groups in total. The van der Waals surface area contributed by atoms with Gasteiger partial charge in [0.25, 0.3) is 5.91 Å². The molecule has 2 aromatic heterocycles. The lowest BCUT2D eigenvalue weighted by molar-refractivity contribution is 0.0736. The molecule has 0 aliphatic carbocycles. The van der Waals surface area contributed by atoms with E-state index in [0.29, 0.717) is 0 Å². The van der Waals surface area contributed by atoms with Crippen LogP contribution in [-0.4, -0.2) is 46.5 Å². The number of para-hydroxylation sites is 1. The first-order valence-corrected chi connectivity index (χ1v) is 8.66. The number of hydrogen-bond donors (Lipinski definition) is 0. The molecule has 5 nitrogen and oxygen atoms in total. The molecule has 1 aliphatic heterocycles. The summed E-state index contributed by atoms with van der Waals surface area (Å²) in [6.07, 6.45) is 1.81. The Morgan fingerprint density at radius 3 is 2.40 bits per heavy atom. The van der Waals surface area contributed by atoms with E-state index in [-0.39, 0.29) is 5.91 Å². The summed E-state index contributed by atoms with van der Waals surface area (Å²) in [5.41, 5.74) is 2.97.